The Labute approximate surface area is 104 Å². The number of benzene rings is 2. The third-order valence-electron chi connectivity index (χ3n) is 2.21. The molecule has 0 saturated heterocycles. The molecule has 3 nitrogen and oxygen atoms in total. The fourth-order valence-corrected chi connectivity index (χ4v) is 1.46. The van der Waals surface area contributed by atoms with Crippen molar-refractivity contribution in [1.29, 1.82) is 0 Å². The Kier molecular flexibility index (Phi) is 3.35. The van der Waals surface area contributed by atoms with E-state index in [1.165, 1.54) is 12.1 Å². The molecule has 2 aromatic carbocycles. The summed E-state index contributed by atoms with van der Waals surface area (Å²) in [7, 11) is 0. The lowest BCUT2D eigenvalue weighted by Gasteiger charge is -1.98. The van der Waals surface area contributed by atoms with Gasteiger partial charge in [0.25, 0.3) is 0 Å². The molecule has 0 bridgehead atoms. The van der Waals surface area contributed by atoms with Gasteiger partial charge in [0, 0.05) is 11.1 Å². The van der Waals surface area contributed by atoms with Gasteiger partial charge < -0.3 is 10.2 Å². The molecule has 0 radical (unpaired) electrons. The molecule has 86 valence electrons. The van der Waals surface area contributed by atoms with E-state index in [1.807, 2.05) is 24.3 Å². The Morgan fingerprint density at radius 1 is 0.941 bits per heavy atom. The molecule has 0 fully saturated rings. The lowest BCUT2D eigenvalue weighted by Crippen LogP contribution is -1.80. The first kappa shape index (κ1) is 11.5. The molecule has 2 aromatic rings. The van der Waals surface area contributed by atoms with E-state index in [4.69, 9.17) is 5.11 Å². The van der Waals surface area contributed by atoms with Crippen molar-refractivity contribution in [2.24, 2.45) is 4.99 Å². The third-order valence-corrected chi connectivity index (χ3v) is 2.51. The molecule has 0 spiro atoms. The smallest absolute Gasteiger partial charge is 0.158 e. The topological polar surface area (TPSA) is 52.8 Å². The fourth-order valence-electron chi connectivity index (χ4n) is 1.31. The van der Waals surface area contributed by atoms with Gasteiger partial charge in [-0.25, -0.2) is 0 Å². The lowest BCUT2D eigenvalue weighted by atomic mass is 10.2. The number of rotatable bonds is 2. The van der Waals surface area contributed by atoms with Gasteiger partial charge in [0.2, 0.25) is 0 Å². The number of nitrogens with zero attached hydrogens (tertiary/aromatic N) is 1. The van der Waals surface area contributed by atoms with Crippen LogP contribution in [0.3, 0.4) is 0 Å². The third kappa shape index (κ3) is 3.01. The highest BCUT2D eigenvalue weighted by molar-refractivity contribution is 7.80. The van der Waals surface area contributed by atoms with Gasteiger partial charge in [-0.2, -0.15) is 0 Å². The molecular weight excluding hydrogens is 234 g/mol. The first-order valence-corrected chi connectivity index (χ1v) is 5.45. The van der Waals surface area contributed by atoms with Crippen LogP contribution >= 0.6 is 12.6 Å². The molecule has 0 atom stereocenters. The summed E-state index contributed by atoms with van der Waals surface area (Å²) in [4.78, 5) is 5.12. The molecular formula is C13H11NO2S. The predicted octanol–water partition coefficient (Wildman–Crippen LogP) is 3.14. The number of hydrogen-bond acceptors (Lipinski definition) is 4. The second-order valence-corrected chi connectivity index (χ2v) is 4.04. The molecule has 0 aromatic heterocycles. The van der Waals surface area contributed by atoms with Gasteiger partial charge in [-0.3, -0.25) is 4.99 Å². The van der Waals surface area contributed by atoms with Crippen molar-refractivity contribution < 1.29 is 10.2 Å². The van der Waals surface area contributed by atoms with Crippen molar-refractivity contribution in [2.75, 3.05) is 0 Å². The molecule has 2 N–H and O–H groups in total. The minimum absolute atomic E-state index is 0.137. The number of aliphatic imine (C=N–C) groups is 1. The van der Waals surface area contributed by atoms with Crippen LogP contribution in [0.5, 0.6) is 11.5 Å². The van der Waals surface area contributed by atoms with E-state index < -0.39 is 0 Å². The average Bonchev–Trinajstić information content (AvgIpc) is 2.33. The van der Waals surface area contributed by atoms with Crippen molar-refractivity contribution in [3.05, 3.63) is 48.0 Å². The van der Waals surface area contributed by atoms with E-state index >= 15 is 0 Å². The summed E-state index contributed by atoms with van der Waals surface area (Å²) in [6, 6.07) is 11.9. The standard InChI is InChI=1S/C13H11NO2S/c15-12-6-1-9(7-13(12)16)8-14-10-2-4-11(17)5-3-10/h1-8,15-17H/b14-8+. The number of hydrogen-bond donors (Lipinski definition) is 3. The lowest BCUT2D eigenvalue weighted by molar-refractivity contribution is 0.403. The van der Waals surface area contributed by atoms with Crippen LogP contribution in [-0.4, -0.2) is 16.4 Å². The number of aromatic hydroxyl groups is 2. The maximum Gasteiger partial charge on any atom is 0.158 e. The summed E-state index contributed by atoms with van der Waals surface area (Å²) >= 11 is 4.18. The maximum atomic E-state index is 9.31. The van der Waals surface area contributed by atoms with E-state index in [0.717, 1.165) is 16.1 Å². The second-order valence-electron chi connectivity index (χ2n) is 3.52. The summed E-state index contributed by atoms with van der Waals surface area (Å²) in [5.74, 6) is -0.291. The van der Waals surface area contributed by atoms with Crippen LogP contribution in [0, 0.1) is 0 Å². The summed E-state index contributed by atoms with van der Waals surface area (Å²) in [6.45, 7) is 0. The van der Waals surface area contributed by atoms with Crippen LogP contribution in [0.4, 0.5) is 5.69 Å². The minimum atomic E-state index is -0.153. The maximum absolute atomic E-state index is 9.31. The van der Waals surface area contributed by atoms with E-state index in [-0.39, 0.29) is 11.5 Å². The van der Waals surface area contributed by atoms with E-state index in [0.29, 0.717) is 0 Å². The van der Waals surface area contributed by atoms with Crippen molar-refractivity contribution in [3.8, 4) is 11.5 Å². The Balaban J connectivity index is 2.20. The van der Waals surface area contributed by atoms with Gasteiger partial charge in [0.05, 0.1) is 5.69 Å². The number of phenolic OH excluding ortho intramolecular Hbond substituents is 2. The van der Waals surface area contributed by atoms with Crippen molar-refractivity contribution >= 4 is 24.5 Å². The quantitative estimate of drug-likeness (QED) is 0.432. The number of thiol groups is 1. The number of phenols is 2. The Bertz CT molecular complexity index is 550. The molecule has 0 unspecified atom stereocenters. The Morgan fingerprint density at radius 3 is 2.29 bits per heavy atom. The van der Waals surface area contributed by atoms with Gasteiger partial charge in [-0.05, 0) is 48.0 Å². The molecule has 4 heteroatoms. The van der Waals surface area contributed by atoms with Gasteiger partial charge >= 0.3 is 0 Å². The largest absolute Gasteiger partial charge is 0.504 e. The van der Waals surface area contributed by atoms with Gasteiger partial charge in [-0.15, -0.1) is 12.6 Å². The second kappa shape index (κ2) is 4.93. The normalized spacial score (nSPS) is 10.9. The van der Waals surface area contributed by atoms with Gasteiger partial charge in [0.1, 0.15) is 0 Å². The van der Waals surface area contributed by atoms with Crippen LogP contribution in [-0.2, 0) is 0 Å². The zero-order valence-electron chi connectivity index (χ0n) is 8.91. The first-order chi connectivity index (χ1) is 8.15. The molecule has 17 heavy (non-hydrogen) atoms. The monoisotopic (exact) mass is 245 g/mol. The van der Waals surface area contributed by atoms with E-state index in [2.05, 4.69) is 17.6 Å². The van der Waals surface area contributed by atoms with Crippen LogP contribution < -0.4 is 0 Å². The van der Waals surface area contributed by atoms with E-state index in [1.54, 1.807) is 12.3 Å². The molecule has 0 aliphatic rings. The predicted molar refractivity (Wildman–Crippen MR) is 70.7 cm³/mol. The molecule has 0 aliphatic heterocycles. The van der Waals surface area contributed by atoms with Gasteiger partial charge in [0.15, 0.2) is 11.5 Å². The highest BCUT2D eigenvalue weighted by atomic mass is 32.1. The molecule has 0 heterocycles. The average molecular weight is 245 g/mol. The zero-order valence-corrected chi connectivity index (χ0v) is 9.80. The zero-order chi connectivity index (χ0) is 12.3. The minimum Gasteiger partial charge on any atom is -0.504 e. The first-order valence-electron chi connectivity index (χ1n) is 5.00. The van der Waals surface area contributed by atoms with Crippen LogP contribution in [0.1, 0.15) is 5.56 Å². The highest BCUT2D eigenvalue weighted by Crippen LogP contribution is 2.24. The Hall–Kier alpha value is -1.94. The highest BCUT2D eigenvalue weighted by Gasteiger charge is 1.98. The van der Waals surface area contributed by atoms with E-state index in [9.17, 15) is 5.11 Å². The summed E-state index contributed by atoms with van der Waals surface area (Å²) in [5.41, 5.74) is 1.52. The van der Waals surface area contributed by atoms with Crippen LogP contribution in [0.25, 0.3) is 0 Å². The summed E-state index contributed by atoms with van der Waals surface area (Å²) in [6.07, 6.45) is 1.62. The van der Waals surface area contributed by atoms with Crippen molar-refractivity contribution in [3.63, 3.8) is 0 Å². The SMILES string of the molecule is Oc1ccc(/C=N/c2ccc(S)cc2)cc1O. The van der Waals surface area contributed by atoms with Crippen molar-refractivity contribution in [1.82, 2.24) is 0 Å². The van der Waals surface area contributed by atoms with Crippen molar-refractivity contribution in [2.45, 2.75) is 4.90 Å². The van der Waals surface area contributed by atoms with Crippen LogP contribution in [0.15, 0.2) is 52.4 Å². The Morgan fingerprint density at radius 2 is 1.65 bits per heavy atom. The molecule has 0 saturated carbocycles. The molecule has 0 aliphatic carbocycles. The summed E-state index contributed by atoms with van der Waals surface area (Å²) < 4.78 is 0. The summed E-state index contributed by atoms with van der Waals surface area (Å²) in [5, 5.41) is 18.5. The van der Waals surface area contributed by atoms with Crippen LogP contribution in [0.2, 0.25) is 0 Å². The molecule has 0 amide bonds. The fraction of sp³-hybridized carbons (Fsp3) is 0. The van der Waals surface area contributed by atoms with Gasteiger partial charge in [-0.1, -0.05) is 0 Å². The molecule has 2 rings (SSSR count).